The van der Waals surface area contributed by atoms with Crippen LogP contribution in [0, 0.1) is 18.3 Å². The van der Waals surface area contributed by atoms with Crippen LogP contribution >= 0.6 is 11.6 Å². The second-order valence-corrected chi connectivity index (χ2v) is 4.28. The van der Waals surface area contributed by atoms with E-state index in [4.69, 9.17) is 16.9 Å². The number of nitriles is 1. The Morgan fingerprint density at radius 3 is 2.43 bits per heavy atom. The molecule has 2 nitrogen and oxygen atoms in total. The molecule has 0 heterocycles. The van der Waals surface area contributed by atoms with Crippen LogP contribution in [-0.4, -0.2) is 5.11 Å². The zero-order valence-corrected chi connectivity index (χ0v) is 9.18. The Hall–Kier alpha value is -1.20. The van der Waals surface area contributed by atoms with E-state index in [0.717, 1.165) is 5.56 Å². The number of nitrogens with zero attached hydrogens (tertiary/aromatic N) is 1. The monoisotopic (exact) mass is 209 g/mol. The summed E-state index contributed by atoms with van der Waals surface area (Å²) < 4.78 is 0. The summed E-state index contributed by atoms with van der Waals surface area (Å²) in [7, 11) is 0. The molecule has 0 spiro atoms. The minimum Gasteiger partial charge on any atom is -0.508 e. The first-order valence-electron chi connectivity index (χ1n) is 4.29. The molecule has 74 valence electrons. The summed E-state index contributed by atoms with van der Waals surface area (Å²) in [6, 6.07) is 5.47. The largest absolute Gasteiger partial charge is 0.508 e. The Morgan fingerprint density at radius 2 is 2.00 bits per heavy atom. The van der Waals surface area contributed by atoms with E-state index in [0.29, 0.717) is 10.6 Å². The van der Waals surface area contributed by atoms with Crippen molar-refractivity contribution in [3.05, 3.63) is 28.3 Å². The number of benzene rings is 1. The molecule has 1 rings (SSSR count). The summed E-state index contributed by atoms with van der Waals surface area (Å²) in [5, 5.41) is 19.1. The zero-order valence-electron chi connectivity index (χ0n) is 8.43. The number of hydrogen-bond acceptors (Lipinski definition) is 2. The summed E-state index contributed by atoms with van der Waals surface area (Å²) in [6.07, 6.45) is 0. The number of aromatic hydroxyl groups is 1. The molecule has 14 heavy (non-hydrogen) atoms. The molecule has 0 unspecified atom stereocenters. The Kier molecular flexibility index (Phi) is 2.73. The van der Waals surface area contributed by atoms with Crippen molar-refractivity contribution in [1.82, 2.24) is 0 Å². The highest BCUT2D eigenvalue weighted by molar-refractivity contribution is 6.31. The Labute approximate surface area is 88.7 Å². The third-order valence-corrected chi connectivity index (χ3v) is 2.42. The molecule has 3 heteroatoms. The van der Waals surface area contributed by atoms with E-state index in [9.17, 15) is 5.11 Å². The third kappa shape index (κ3) is 1.83. The number of phenols is 1. The van der Waals surface area contributed by atoms with Crippen LogP contribution in [0.5, 0.6) is 5.75 Å². The van der Waals surface area contributed by atoms with Crippen LogP contribution in [0.2, 0.25) is 5.02 Å². The lowest BCUT2D eigenvalue weighted by molar-refractivity contribution is 0.456. The molecule has 0 aliphatic rings. The number of halogens is 1. The van der Waals surface area contributed by atoms with Gasteiger partial charge in [0, 0.05) is 10.6 Å². The quantitative estimate of drug-likeness (QED) is 0.772. The lowest BCUT2D eigenvalue weighted by Crippen LogP contribution is -2.14. The van der Waals surface area contributed by atoms with Crippen LogP contribution in [0.15, 0.2) is 12.1 Å². The molecular formula is C11H12ClNO. The average molecular weight is 210 g/mol. The van der Waals surface area contributed by atoms with Gasteiger partial charge >= 0.3 is 0 Å². The molecule has 0 aliphatic heterocycles. The molecule has 0 atom stereocenters. The molecule has 0 amide bonds. The lowest BCUT2D eigenvalue weighted by Gasteiger charge is -2.19. The van der Waals surface area contributed by atoms with Gasteiger partial charge in [0.2, 0.25) is 0 Å². The first-order chi connectivity index (χ1) is 6.38. The normalized spacial score (nSPS) is 11.1. The average Bonchev–Trinajstić information content (AvgIpc) is 2.01. The van der Waals surface area contributed by atoms with Crippen LogP contribution in [-0.2, 0) is 5.41 Å². The Bertz CT molecular complexity index is 381. The second-order valence-electron chi connectivity index (χ2n) is 3.88. The van der Waals surface area contributed by atoms with Gasteiger partial charge in [-0.1, -0.05) is 11.6 Å². The van der Waals surface area contributed by atoms with Gasteiger partial charge in [0.1, 0.15) is 5.75 Å². The molecular weight excluding hydrogens is 198 g/mol. The van der Waals surface area contributed by atoms with Gasteiger partial charge in [-0.2, -0.15) is 5.26 Å². The molecule has 0 saturated heterocycles. The lowest BCUT2D eigenvalue weighted by atomic mass is 9.85. The van der Waals surface area contributed by atoms with Crippen molar-refractivity contribution < 1.29 is 5.11 Å². The van der Waals surface area contributed by atoms with Gasteiger partial charge in [0.25, 0.3) is 0 Å². The minimum atomic E-state index is -0.769. The molecule has 0 saturated carbocycles. The van der Waals surface area contributed by atoms with Crippen LogP contribution in [0.25, 0.3) is 0 Å². The van der Waals surface area contributed by atoms with E-state index < -0.39 is 5.41 Å². The first kappa shape index (κ1) is 10.9. The van der Waals surface area contributed by atoms with Crippen LogP contribution in [0.4, 0.5) is 0 Å². The number of rotatable bonds is 1. The summed E-state index contributed by atoms with van der Waals surface area (Å²) >= 11 is 5.99. The number of hydrogen-bond donors (Lipinski definition) is 1. The maximum Gasteiger partial charge on any atom is 0.122 e. The maximum atomic E-state index is 9.70. The molecule has 0 bridgehead atoms. The molecule has 1 aromatic rings. The zero-order chi connectivity index (χ0) is 10.9. The highest BCUT2D eigenvalue weighted by atomic mass is 35.5. The molecule has 1 N–H and O–H groups in total. The summed E-state index contributed by atoms with van der Waals surface area (Å²) in [4.78, 5) is 0. The van der Waals surface area contributed by atoms with Crippen LogP contribution < -0.4 is 0 Å². The summed E-state index contributed by atoms with van der Waals surface area (Å²) in [5.74, 6) is 0.0848. The van der Waals surface area contributed by atoms with E-state index in [1.807, 2.05) is 6.92 Å². The molecule has 0 aromatic heterocycles. The summed E-state index contributed by atoms with van der Waals surface area (Å²) in [6.45, 7) is 5.29. The molecule has 1 aromatic carbocycles. The molecule has 0 fully saturated rings. The highest BCUT2D eigenvalue weighted by Crippen LogP contribution is 2.37. The van der Waals surface area contributed by atoms with Gasteiger partial charge in [-0.25, -0.2) is 0 Å². The van der Waals surface area contributed by atoms with Crippen LogP contribution in [0.3, 0.4) is 0 Å². The van der Waals surface area contributed by atoms with Gasteiger partial charge in [-0.05, 0) is 38.5 Å². The van der Waals surface area contributed by atoms with Crippen molar-refractivity contribution in [1.29, 1.82) is 5.26 Å². The standard InChI is InChI=1S/C11H12ClNO/c1-7-4-8(12)10(9(14)5-7)11(2,3)6-13/h4-5,14H,1-3H3. The second kappa shape index (κ2) is 3.51. The van der Waals surface area contributed by atoms with E-state index >= 15 is 0 Å². The molecule has 0 radical (unpaired) electrons. The van der Waals surface area contributed by atoms with E-state index in [1.54, 1.807) is 26.0 Å². The number of aryl methyl sites for hydroxylation is 1. The van der Waals surface area contributed by atoms with Crippen molar-refractivity contribution in [2.75, 3.05) is 0 Å². The third-order valence-electron chi connectivity index (χ3n) is 2.12. The fraction of sp³-hybridized carbons (Fsp3) is 0.364. The van der Waals surface area contributed by atoms with Crippen molar-refractivity contribution in [3.8, 4) is 11.8 Å². The number of phenolic OH excluding ortho intramolecular Hbond substituents is 1. The fourth-order valence-corrected chi connectivity index (χ4v) is 1.90. The summed E-state index contributed by atoms with van der Waals surface area (Å²) in [5.41, 5.74) is 0.603. The Balaban J connectivity index is 3.44. The van der Waals surface area contributed by atoms with E-state index in [-0.39, 0.29) is 5.75 Å². The van der Waals surface area contributed by atoms with Crippen LogP contribution in [0.1, 0.15) is 25.0 Å². The topological polar surface area (TPSA) is 44.0 Å². The predicted octanol–water partition coefficient (Wildman–Crippen LogP) is 3.16. The maximum absolute atomic E-state index is 9.70. The Morgan fingerprint density at radius 1 is 1.43 bits per heavy atom. The van der Waals surface area contributed by atoms with Gasteiger partial charge < -0.3 is 5.11 Å². The van der Waals surface area contributed by atoms with Crippen molar-refractivity contribution in [2.45, 2.75) is 26.2 Å². The van der Waals surface area contributed by atoms with Crippen molar-refractivity contribution in [3.63, 3.8) is 0 Å². The minimum absolute atomic E-state index is 0.0848. The SMILES string of the molecule is Cc1cc(O)c(C(C)(C)C#N)c(Cl)c1. The fourth-order valence-electron chi connectivity index (χ4n) is 1.40. The van der Waals surface area contributed by atoms with Gasteiger partial charge in [0.05, 0.1) is 11.5 Å². The van der Waals surface area contributed by atoms with E-state index in [1.165, 1.54) is 0 Å². The molecule has 0 aliphatic carbocycles. The van der Waals surface area contributed by atoms with Gasteiger partial charge in [0.15, 0.2) is 0 Å². The van der Waals surface area contributed by atoms with Gasteiger partial charge in [-0.15, -0.1) is 0 Å². The van der Waals surface area contributed by atoms with Crippen molar-refractivity contribution in [2.24, 2.45) is 0 Å². The first-order valence-corrected chi connectivity index (χ1v) is 4.67. The van der Waals surface area contributed by atoms with Gasteiger partial charge in [-0.3, -0.25) is 0 Å². The smallest absolute Gasteiger partial charge is 0.122 e. The predicted molar refractivity (Wildman–Crippen MR) is 56.5 cm³/mol. The van der Waals surface area contributed by atoms with E-state index in [2.05, 4.69) is 6.07 Å². The highest BCUT2D eigenvalue weighted by Gasteiger charge is 2.26. The van der Waals surface area contributed by atoms with Crippen molar-refractivity contribution >= 4 is 11.6 Å².